The highest BCUT2D eigenvalue weighted by Gasteiger charge is 2.31. The zero-order valence-electron chi connectivity index (χ0n) is 13.3. The maximum absolute atomic E-state index is 12.4. The van der Waals surface area contributed by atoms with Crippen molar-refractivity contribution in [2.45, 2.75) is 25.7 Å². The van der Waals surface area contributed by atoms with Crippen molar-refractivity contribution in [2.75, 3.05) is 57.3 Å². The van der Waals surface area contributed by atoms with Crippen LogP contribution in [0.2, 0.25) is 0 Å². The molecule has 3 saturated heterocycles. The van der Waals surface area contributed by atoms with E-state index in [2.05, 4.69) is 4.90 Å². The van der Waals surface area contributed by atoms with E-state index in [1.54, 1.807) is 0 Å². The van der Waals surface area contributed by atoms with Gasteiger partial charge in [-0.05, 0) is 25.7 Å². The lowest BCUT2D eigenvalue weighted by Crippen LogP contribution is -2.48. The Morgan fingerprint density at radius 3 is 2.14 bits per heavy atom. The van der Waals surface area contributed by atoms with E-state index < -0.39 is 0 Å². The van der Waals surface area contributed by atoms with E-state index >= 15 is 0 Å². The van der Waals surface area contributed by atoms with Gasteiger partial charge in [-0.3, -0.25) is 14.5 Å². The lowest BCUT2D eigenvalue weighted by Gasteiger charge is -2.35. The Balaban J connectivity index is 1.42. The minimum Gasteiger partial charge on any atom is -0.342 e. The molecule has 2 amide bonds. The van der Waals surface area contributed by atoms with E-state index in [4.69, 9.17) is 0 Å². The molecule has 3 aliphatic heterocycles. The average Bonchev–Trinajstić information content (AvgIpc) is 3.10. The second-order valence-electron chi connectivity index (χ2n) is 6.58. The van der Waals surface area contributed by atoms with Crippen molar-refractivity contribution in [3.05, 3.63) is 0 Å². The molecule has 0 radical (unpaired) electrons. The van der Waals surface area contributed by atoms with Crippen molar-refractivity contribution in [1.82, 2.24) is 14.7 Å². The third-order valence-corrected chi connectivity index (χ3v) is 6.02. The van der Waals surface area contributed by atoms with Crippen molar-refractivity contribution >= 4 is 23.6 Å². The first-order valence-electron chi connectivity index (χ1n) is 8.61. The quantitative estimate of drug-likeness (QED) is 0.773. The molecule has 3 rings (SSSR count). The SMILES string of the molecule is O=C(CN1CCSCC1)N1CCC(C(=O)N2CCCC2)CC1. The summed E-state index contributed by atoms with van der Waals surface area (Å²) < 4.78 is 0. The number of likely N-dealkylation sites (tertiary alicyclic amines) is 2. The summed E-state index contributed by atoms with van der Waals surface area (Å²) in [6, 6.07) is 0. The predicted octanol–water partition coefficient (Wildman–Crippen LogP) is 0.896. The second-order valence-corrected chi connectivity index (χ2v) is 7.80. The molecule has 0 spiro atoms. The Kier molecular flexibility index (Phi) is 5.63. The Bertz CT molecular complexity index is 398. The van der Waals surface area contributed by atoms with E-state index in [0.29, 0.717) is 12.5 Å². The fourth-order valence-electron chi connectivity index (χ4n) is 3.62. The molecule has 124 valence electrons. The minimum absolute atomic E-state index is 0.147. The van der Waals surface area contributed by atoms with Crippen molar-refractivity contribution in [1.29, 1.82) is 0 Å². The van der Waals surface area contributed by atoms with Crippen LogP contribution in [0.5, 0.6) is 0 Å². The fourth-order valence-corrected chi connectivity index (χ4v) is 4.60. The van der Waals surface area contributed by atoms with Crippen LogP contribution in [0, 0.1) is 5.92 Å². The van der Waals surface area contributed by atoms with Gasteiger partial charge < -0.3 is 9.80 Å². The summed E-state index contributed by atoms with van der Waals surface area (Å²) in [6.07, 6.45) is 3.99. The molecule has 3 aliphatic rings. The van der Waals surface area contributed by atoms with Crippen molar-refractivity contribution in [3.63, 3.8) is 0 Å². The molecular weight excluding hydrogens is 298 g/mol. The molecule has 22 heavy (non-hydrogen) atoms. The van der Waals surface area contributed by atoms with Crippen LogP contribution in [0.25, 0.3) is 0 Å². The normalized spacial score (nSPS) is 24.7. The lowest BCUT2D eigenvalue weighted by atomic mass is 9.95. The van der Waals surface area contributed by atoms with Crippen molar-refractivity contribution < 1.29 is 9.59 Å². The molecule has 3 fully saturated rings. The first kappa shape index (κ1) is 16.1. The van der Waals surface area contributed by atoms with Crippen LogP contribution in [0.4, 0.5) is 0 Å². The number of nitrogens with zero attached hydrogens (tertiary/aromatic N) is 3. The van der Waals surface area contributed by atoms with Gasteiger partial charge in [-0.2, -0.15) is 11.8 Å². The van der Waals surface area contributed by atoms with E-state index in [1.165, 1.54) is 0 Å². The van der Waals surface area contributed by atoms with Gasteiger partial charge in [0.05, 0.1) is 6.54 Å². The Morgan fingerprint density at radius 2 is 1.50 bits per heavy atom. The largest absolute Gasteiger partial charge is 0.342 e. The third kappa shape index (κ3) is 3.96. The summed E-state index contributed by atoms with van der Waals surface area (Å²) in [7, 11) is 0. The van der Waals surface area contributed by atoms with Gasteiger partial charge in [0, 0.05) is 56.7 Å². The first-order valence-corrected chi connectivity index (χ1v) is 9.76. The second kappa shape index (κ2) is 7.68. The van der Waals surface area contributed by atoms with Gasteiger partial charge in [0.1, 0.15) is 0 Å². The molecule has 0 saturated carbocycles. The van der Waals surface area contributed by atoms with Crippen molar-refractivity contribution in [2.24, 2.45) is 5.92 Å². The van der Waals surface area contributed by atoms with Crippen LogP contribution in [0.3, 0.4) is 0 Å². The summed E-state index contributed by atoms with van der Waals surface area (Å²) >= 11 is 1.97. The lowest BCUT2D eigenvalue weighted by molar-refractivity contribution is -0.140. The summed E-state index contributed by atoms with van der Waals surface area (Å²) in [4.78, 5) is 31.0. The van der Waals surface area contributed by atoms with Crippen LogP contribution in [-0.2, 0) is 9.59 Å². The summed E-state index contributed by atoms with van der Waals surface area (Å²) in [5.41, 5.74) is 0. The van der Waals surface area contributed by atoms with Gasteiger partial charge in [-0.1, -0.05) is 0 Å². The monoisotopic (exact) mass is 325 g/mol. The van der Waals surface area contributed by atoms with E-state index in [0.717, 1.165) is 76.5 Å². The predicted molar refractivity (Wildman–Crippen MR) is 88.9 cm³/mol. The highest BCUT2D eigenvalue weighted by molar-refractivity contribution is 7.99. The average molecular weight is 325 g/mol. The number of carbonyl (C=O) groups is 2. The molecular formula is C16H27N3O2S. The maximum Gasteiger partial charge on any atom is 0.236 e. The number of carbonyl (C=O) groups excluding carboxylic acids is 2. The molecule has 0 atom stereocenters. The van der Waals surface area contributed by atoms with E-state index in [9.17, 15) is 9.59 Å². The Hall–Kier alpha value is -0.750. The topological polar surface area (TPSA) is 43.9 Å². The van der Waals surface area contributed by atoms with Gasteiger partial charge in [0.15, 0.2) is 0 Å². The Morgan fingerprint density at radius 1 is 0.864 bits per heavy atom. The third-order valence-electron chi connectivity index (χ3n) is 5.08. The molecule has 5 nitrogen and oxygen atoms in total. The van der Waals surface area contributed by atoms with Crippen LogP contribution in [0.1, 0.15) is 25.7 Å². The number of hydrogen-bond acceptors (Lipinski definition) is 4. The highest BCUT2D eigenvalue weighted by Crippen LogP contribution is 2.22. The molecule has 0 aliphatic carbocycles. The number of piperidine rings is 1. The van der Waals surface area contributed by atoms with Gasteiger partial charge in [-0.25, -0.2) is 0 Å². The maximum atomic E-state index is 12.4. The molecule has 0 aromatic heterocycles. The van der Waals surface area contributed by atoms with E-state index in [-0.39, 0.29) is 11.8 Å². The number of hydrogen-bond donors (Lipinski definition) is 0. The number of rotatable bonds is 3. The van der Waals surface area contributed by atoms with Gasteiger partial charge in [0.25, 0.3) is 0 Å². The minimum atomic E-state index is 0.147. The molecule has 3 heterocycles. The molecule has 6 heteroatoms. The van der Waals surface area contributed by atoms with Crippen LogP contribution in [-0.4, -0.2) is 83.8 Å². The highest BCUT2D eigenvalue weighted by atomic mass is 32.2. The van der Waals surface area contributed by atoms with Crippen LogP contribution >= 0.6 is 11.8 Å². The standard InChI is InChI=1S/C16H27N3O2S/c20-15(13-17-9-11-22-12-10-17)18-7-3-14(4-8-18)16(21)19-5-1-2-6-19/h14H,1-13H2. The van der Waals surface area contributed by atoms with Crippen LogP contribution < -0.4 is 0 Å². The number of amides is 2. The summed E-state index contributed by atoms with van der Waals surface area (Å²) in [5, 5.41) is 0. The first-order chi connectivity index (χ1) is 10.7. The zero-order valence-corrected chi connectivity index (χ0v) is 14.2. The Labute approximate surface area is 137 Å². The fraction of sp³-hybridized carbons (Fsp3) is 0.875. The summed E-state index contributed by atoms with van der Waals surface area (Å²) in [6.45, 7) is 6.00. The van der Waals surface area contributed by atoms with Crippen molar-refractivity contribution in [3.8, 4) is 0 Å². The van der Waals surface area contributed by atoms with Gasteiger partial charge in [-0.15, -0.1) is 0 Å². The molecule has 0 unspecified atom stereocenters. The summed E-state index contributed by atoms with van der Waals surface area (Å²) in [5.74, 6) is 3.00. The van der Waals surface area contributed by atoms with Crippen LogP contribution in [0.15, 0.2) is 0 Å². The number of thioether (sulfide) groups is 1. The molecule has 0 bridgehead atoms. The molecule has 0 aromatic carbocycles. The zero-order chi connectivity index (χ0) is 15.4. The molecule has 0 N–H and O–H groups in total. The van der Waals surface area contributed by atoms with E-state index in [1.807, 2.05) is 21.6 Å². The van der Waals surface area contributed by atoms with Gasteiger partial charge in [0.2, 0.25) is 11.8 Å². The smallest absolute Gasteiger partial charge is 0.236 e. The molecule has 0 aromatic rings. The van der Waals surface area contributed by atoms with Gasteiger partial charge >= 0.3 is 0 Å².